The second kappa shape index (κ2) is 8.22. The maximum absolute atomic E-state index is 12.5. The van der Waals surface area contributed by atoms with Gasteiger partial charge in [0.2, 0.25) is 0 Å². The van der Waals surface area contributed by atoms with Crippen molar-refractivity contribution in [2.45, 2.75) is 6.92 Å². The number of carbonyl (C=O) groups is 1. The Labute approximate surface area is 182 Å². The van der Waals surface area contributed by atoms with Crippen LogP contribution in [0.2, 0.25) is 10.0 Å². The number of aromatic hydroxyl groups is 1. The summed E-state index contributed by atoms with van der Waals surface area (Å²) >= 11 is 11.9. The zero-order valence-corrected chi connectivity index (χ0v) is 17.3. The number of para-hydroxylation sites is 1. The average molecular weight is 439 g/mol. The number of phenolic OH excluding ortho intramolecular Hbond substituents is 1. The molecule has 0 unspecified atom stereocenters. The van der Waals surface area contributed by atoms with Crippen molar-refractivity contribution in [3.05, 3.63) is 87.6 Å². The number of nitrogens with one attached hydrogen (secondary N) is 1. The molecule has 0 fully saturated rings. The molecule has 5 nitrogen and oxygen atoms in total. The van der Waals surface area contributed by atoms with Gasteiger partial charge in [-0.2, -0.15) is 0 Å². The summed E-state index contributed by atoms with van der Waals surface area (Å²) in [6, 6.07) is 17.5. The van der Waals surface area contributed by atoms with Gasteiger partial charge >= 0.3 is 0 Å². The van der Waals surface area contributed by atoms with Crippen molar-refractivity contribution >= 4 is 57.7 Å². The molecule has 0 saturated heterocycles. The molecule has 30 heavy (non-hydrogen) atoms. The van der Waals surface area contributed by atoms with Crippen molar-refractivity contribution < 1.29 is 14.3 Å². The Morgan fingerprint density at radius 1 is 1.10 bits per heavy atom. The van der Waals surface area contributed by atoms with Crippen LogP contribution in [0.3, 0.4) is 0 Å². The van der Waals surface area contributed by atoms with Crippen LogP contribution in [-0.4, -0.2) is 17.2 Å². The Morgan fingerprint density at radius 2 is 1.90 bits per heavy atom. The molecule has 0 aliphatic heterocycles. The Balaban J connectivity index is 1.52. The lowest BCUT2D eigenvalue weighted by Crippen LogP contribution is -2.11. The normalized spacial score (nSPS) is 11.3. The number of benzene rings is 3. The lowest BCUT2D eigenvalue weighted by atomic mass is 10.1. The molecule has 1 aromatic heterocycles. The van der Waals surface area contributed by atoms with Gasteiger partial charge in [-0.3, -0.25) is 9.79 Å². The molecule has 0 spiro atoms. The number of hydrogen-bond donors (Lipinski definition) is 2. The summed E-state index contributed by atoms with van der Waals surface area (Å²) in [5, 5.41) is 14.3. The largest absolute Gasteiger partial charge is 0.506 e. The van der Waals surface area contributed by atoms with Crippen molar-refractivity contribution in [2.24, 2.45) is 4.99 Å². The van der Waals surface area contributed by atoms with Crippen molar-refractivity contribution in [3.8, 4) is 5.75 Å². The molecule has 4 rings (SSSR count). The maximum Gasteiger partial charge on any atom is 0.291 e. The van der Waals surface area contributed by atoms with Gasteiger partial charge in [-0.05, 0) is 55.0 Å². The molecule has 3 aromatic carbocycles. The molecule has 0 saturated carbocycles. The summed E-state index contributed by atoms with van der Waals surface area (Å²) in [4.78, 5) is 16.9. The zero-order valence-electron chi connectivity index (χ0n) is 15.8. The summed E-state index contributed by atoms with van der Waals surface area (Å²) in [6.45, 7) is 1.86. The van der Waals surface area contributed by atoms with Gasteiger partial charge in [-0.1, -0.05) is 41.4 Å². The summed E-state index contributed by atoms with van der Waals surface area (Å²) in [7, 11) is 0. The highest BCUT2D eigenvalue weighted by molar-refractivity contribution is 6.36. The zero-order chi connectivity index (χ0) is 21.3. The van der Waals surface area contributed by atoms with E-state index in [1.807, 2.05) is 37.3 Å². The van der Waals surface area contributed by atoms with Gasteiger partial charge in [0.25, 0.3) is 5.91 Å². The van der Waals surface area contributed by atoms with Gasteiger partial charge in [-0.15, -0.1) is 0 Å². The molecule has 0 radical (unpaired) electrons. The van der Waals surface area contributed by atoms with E-state index in [0.717, 1.165) is 10.9 Å². The van der Waals surface area contributed by atoms with E-state index in [2.05, 4.69) is 10.3 Å². The van der Waals surface area contributed by atoms with E-state index in [0.29, 0.717) is 27.5 Å². The standard InChI is InChI=1S/C23H16Cl2N2O3/c1-13-8-17(26-12-15-9-16(24)11-18(25)22(15)28)6-7-19(13)27-23(29)21-10-14-4-2-3-5-20(14)30-21/h2-12,28H,1H3,(H,27,29). The number of amides is 1. The van der Waals surface area contributed by atoms with Crippen LogP contribution in [0, 0.1) is 6.92 Å². The third-order valence-electron chi connectivity index (χ3n) is 4.52. The summed E-state index contributed by atoms with van der Waals surface area (Å²) in [5.74, 6) is -0.175. The van der Waals surface area contributed by atoms with Crippen LogP contribution in [0.1, 0.15) is 21.7 Å². The number of phenols is 1. The van der Waals surface area contributed by atoms with Gasteiger partial charge in [0.15, 0.2) is 5.76 Å². The Bertz CT molecular complexity index is 1260. The fourth-order valence-corrected chi connectivity index (χ4v) is 3.48. The molecular formula is C23H16Cl2N2O3. The third kappa shape index (κ3) is 4.17. The average Bonchev–Trinajstić information content (AvgIpc) is 3.16. The van der Waals surface area contributed by atoms with Gasteiger partial charge in [0, 0.05) is 27.9 Å². The number of rotatable bonds is 4. The minimum atomic E-state index is -0.330. The third-order valence-corrected chi connectivity index (χ3v) is 5.02. The van der Waals surface area contributed by atoms with Crippen LogP contribution in [-0.2, 0) is 0 Å². The van der Waals surface area contributed by atoms with E-state index in [-0.39, 0.29) is 22.4 Å². The number of furan rings is 1. The van der Waals surface area contributed by atoms with E-state index in [4.69, 9.17) is 27.6 Å². The number of nitrogens with zero attached hydrogens (tertiary/aromatic N) is 1. The molecule has 1 amide bonds. The second-order valence-electron chi connectivity index (χ2n) is 6.69. The fraction of sp³-hybridized carbons (Fsp3) is 0.0435. The number of carbonyl (C=O) groups excluding carboxylic acids is 1. The van der Waals surface area contributed by atoms with Crippen molar-refractivity contribution in [1.82, 2.24) is 0 Å². The number of aryl methyl sites for hydroxylation is 1. The van der Waals surface area contributed by atoms with Gasteiger partial charge < -0.3 is 14.8 Å². The summed E-state index contributed by atoms with van der Waals surface area (Å²) in [6.07, 6.45) is 1.48. The number of halogens is 2. The minimum Gasteiger partial charge on any atom is -0.506 e. The highest BCUT2D eigenvalue weighted by Gasteiger charge is 2.13. The monoisotopic (exact) mass is 438 g/mol. The molecule has 4 aromatic rings. The van der Waals surface area contributed by atoms with Crippen LogP contribution in [0.5, 0.6) is 5.75 Å². The smallest absolute Gasteiger partial charge is 0.291 e. The molecule has 1 heterocycles. The number of aliphatic imine (C=N–C) groups is 1. The fourth-order valence-electron chi connectivity index (χ4n) is 2.97. The molecule has 0 aliphatic carbocycles. The Morgan fingerprint density at radius 3 is 2.67 bits per heavy atom. The molecular weight excluding hydrogens is 423 g/mol. The van der Waals surface area contributed by atoms with Crippen LogP contribution in [0.15, 0.2) is 70.1 Å². The SMILES string of the molecule is Cc1cc(N=Cc2cc(Cl)cc(Cl)c2O)ccc1NC(=O)c1cc2ccccc2o1. The number of hydrogen-bond acceptors (Lipinski definition) is 4. The first-order valence-corrected chi connectivity index (χ1v) is 9.79. The minimum absolute atomic E-state index is 0.0868. The van der Waals surface area contributed by atoms with E-state index in [1.165, 1.54) is 12.3 Å². The Kier molecular flexibility index (Phi) is 5.48. The lowest BCUT2D eigenvalue weighted by molar-refractivity contribution is 0.0998. The highest BCUT2D eigenvalue weighted by atomic mass is 35.5. The quantitative estimate of drug-likeness (QED) is 0.345. The van der Waals surface area contributed by atoms with Crippen molar-refractivity contribution in [1.29, 1.82) is 0 Å². The predicted octanol–water partition coefficient (Wildman–Crippen LogP) is 6.76. The van der Waals surface area contributed by atoms with Crippen LogP contribution in [0.4, 0.5) is 11.4 Å². The van der Waals surface area contributed by atoms with Crippen molar-refractivity contribution in [3.63, 3.8) is 0 Å². The first-order valence-electron chi connectivity index (χ1n) is 9.03. The second-order valence-corrected chi connectivity index (χ2v) is 7.53. The van der Waals surface area contributed by atoms with E-state index in [1.54, 1.807) is 24.3 Å². The highest BCUT2D eigenvalue weighted by Crippen LogP contribution is 2.31. The molecule has 0 atom stereocenters. The maximum atomic E-state index is 12.5. The summed E-state index contributed by atoms with van der Waals surface area (Å²) < 4.78 is 5.60. The molecule has 0 bridgehead atoms. The molecule has 2 N–H and O–H groups in total. The number of anilines is 1. The van der Waals surface area contributed by atoms with Crippen LogP contribution < -0.4 is 5.32 Å². The molecule has 0 aliphatic rings. The van der Waals surface area contributed by atoms with E-state index >= 15 is 0 Å². The first-order chi connectivity index (χ1) is 14.4. The van der Waals surface area contributed by atoms with Gasteiger partial charge in [-0.25, -0.2) is 0 Å². The topological polar surface area (TPSA) is 74.8 Å². The number of fused-ring (bicyclic) bond motifs is 1. The molecule has 150 valence electrons. The van der Waals surface area contributed by atoms with E-state index < -0.39 is 0 Å². The Hall–Kier alpha value is -3.28. The van der Waals surface area contributed by atoms with Gasteiger partial charge in [0.05, 0.1) is 10.7 Å². The summed E-state index contributed by atoms with van der Waals surface area (Å²) in [5.41, 5.74) is 3.18. The van der Waals surface area contributed by atoms with Crippen LogP contribution in [0.25, 0.3) is 11.0 Å². The van der Waals surface area contributed by atoms with E-state index in [9.17, 15) is 9.90 Å². The first kappa shape index (κ1) is 20.0. The lowest BCUT2D eigenvalue weighted by Gasteiger charge is -2.08. The predicted molar refractivity (Wildman–Crippen MR) is 121 cm³/mol. The van der Waals surface area contributed by atoms with Crippen molar-refractivity contribution in [2.75, 3.05) is 5.32 Å². The van der Waals surface area contributed by atoms with Crippen LogP contribution >= 0.6 is 23.2 Å². The van der Waals surface area contributed by atoms with Gasteiger partial charge in [0.1, 0.15) is 11.3 Å². The molecule has 7 heteroatoms.